The van der Waals surface area contributed by atoms with Gasteiger partial charge >= 0.3 is 6.03 Å². The smallest absolute Gasteiger partial charge is 0.312 e. The van der Waals surface area contributed by atoms with Crippen LogP contribution in [0.15, 0.2) is 36.4 Å². The molecule has 0 radical (unpaired) electrons. The van der Waals surface area contributed by atoms with E-state index in [1.165, 1.54) is 12.2 Å². The number of imide groups is 1. The third kappa shape index (κ3) is 15.2. The Balaban J connectivity index is 1.72. The van der Waals surface area contributed by atoms with Crippen LogP contribution >= 0.6 is 0 Å². The summed E-state index contributed by atoms with van der Waals surface area (Å²) in [5.74, 6) is -2.45. The van der Waals surface area contributed by atoms with Gasteiger partial charge in [-0.25, -0.2) is 4.79 Å². The first-order chi connectivity index (χ1) is 22.5. The van der Waals surface area contributed by atoms with E-state index in [0.717, 1.165) is 4.90 Å². The van der Waals surface area contributed by atoms with Crippen molar-refractivity contribution >= 4 is 41.3 Å². The summed E-state index contributed by atoms with van der Waals surface area (Å²) in [6.07, 6.45) is 2.96. The molecule has 0 aliphatic carbocycles. The van der Waals surface area contributed by atoms with Gasteiger partial charge in [0.15, 0.2) is 0 Å². The van der Waals surface area contributed by atoms with Crippen molar-refractivity contribution in [3.8, 4) is 0 Å². The molecule has 47 heavy (non-hydrogen) atoms. The molecule has 7 N–H and O–H groups in total. The standard InChI is InChI=1S/C31H46N6O10/c1-21(2)28(36-25(39)11-14-45-16-18-47-19-17-46-15-13-37-26(40)9-10-27(37)41)30(43)35-24(4-3-12-33-31(32)44)29(42)34-23-7-5-22(20-38)6-8-23/h5-10,21,24,28,38H,3-4,11-20H2,1-2H3,(H,34,42)(H,35,43)(H,36,39)(H3,32,33,44)/t24-,28-/m0/s1. The number of anilines is 1. The largest absolute Gasteiger partial charge is 0.392 e. The van der Waals surface area contributed by atoms with Crippen LogP contribution in [0.2, 0.25) is 0 Å². The molecule has 0 saturated heterocycles. The Bertz CT molecular complexity index is 1210. The fourth-order valence-electron chi connectivity index (χ4n) is 4.27. The van der Waals surface area contributed by atoms with E-state index in [0.29, 0.717) is 17.7 Å². The molecule has 2 atom stereocenters. The molecule has 16 nitrogen and oxygen atoms in total. The van der Waals surface area contributed by atoms with Gasteiger partial charge in [-0.05, 0) is 36.5 Å². The van der Waals surface area contributed by atoms with Crippen LogP contribution in [-0.2, 0) is 44.8 Å². The molecule has 0 aromatic heterocycles. The number of carbonyl (C=O) groups is 6. The lowest BCUT2D eigenvalue weighted by Crippen LogP contribution is -2.54. The van der Waals surface area contributed by atoms with Gasteiger partial charge in [-0.3, -0.25) is 28.9 Å². The van der Waals surface area contributed by atoms with Gasteiger partial charge in [0.1, 0.15) is 12.1 Å². The normalized spacial score (nSPS) is 13.8. The molecule has 1 aliphatic heterocycles. The fraction of sp³-hybridized carbons (Fsp3) is 0.548. The second kappa shape index (κ2) is 21.4. The van der Waals surface area contributed by atoms with Gasteiger partial charge in [0.05, 0.1) is 52.8 Å². The Morgan fingerprint density at radius 1 is 0.851 bits per heavy atom. The first-order valence-electron chi connectivity index (χ1n) is 15.4. The number of carbonyl (C=O) groups excluding carboxylic acids is 6. The third-order valence-electron chi connectivity index (χ3n) is 6.85. The van der Waals surface area contributed by atoms with Crippen molar-refractivity contribution < 1.29 is 48.1 Å². The lowest BCUT2D eigenvalue weighted by Gasteiger charge is -2.25. The molecular formula is C31H46N6O10. The number of amides is 7. The lowest BCUT2D eigenvalue weighted by atomic mass is 10.0. The van der Waals surface area contributed by atoms with Crippen molar-refractivity contribution in [3.63, 3.8) is 0 Å². The van der Waals surface area contributed by atoms with E-state index in [-0.39, 0.29) is 89.9 Å². The van der Waals surface area contributed by atoms with Gasteiger partial charge in [-0.1, -0.05) is 26.0 Å². The maximum atomic E-state index is 13.2. The minimum atomic E-state index is -0.975. The van der Waals surface area contributed by atoms with Crippen molar-refractivity contribution in [1.82, 2.24) is 20.9 Å². The molecule has 0 saturated carbocycles. The second-order valence-corrected chi connectivity index (χ2v) is 10.9. The number of benzene rings is 1. The first-order valence-corrected chi connectivity index (χ1v) is 15.4. The highest BCUT2D eigenvalue weighted by atomic mass is 16.5. The summed E-state index contributed by atoms with van der Waals surface area (Å²) < 4.78 is 16.2. The van der Waals surface area contributed by atoms with E-state index in [1.807, 2.05) is 0 Å². The zero-order chi connectivity index (χ0) is 34.6. The first kappa shape index (κ1) is 38.8. The predicted octanol–water partition coefficient (Wildman–Crippen LogP) is -0.444. The number of aliphatic hydroxyl groups excluding tert-OH is 1. The zero-order valence-electron chi connectivity index (χ0n) is 26.8. The highest BCUT2D eigenvalue weighted by Crippen LogP contribution is 2.12. The summed E-state index contributed by atoms with van der Waals surface area (Å²) in [5.41, 5.74) is 6.25. The van der Waals surface area contributed by atoms with E-state index in [1.54, 1.807) is 38.1 Å². The van der Waals surface area contributed by atoms with Crippen molar-refractivity contribution in [3.05, 3.63) is 42.0 Å². The maximum Gasteiger partial charge on any atom is 0.312 e. The number of primary amides is 1. The fourth-order valence-corrected chi connectivity index (χ4v) is 4.27. The zero-order valence-corrected chi connectivity index (χ0v) is 26.8. The Morgan fingerprint density at radius 2 is 1.45 bits per heavy atom. The minimum absolute atomic E-state index is 0.00501. The molecule has 16 heteroatoms. The molecule has 2 rings (SSSR count). The van der Waals surface area contributed by atoms with E-state index < -0.39 is 35.8 Å². The van der Waals surface area contributed by atoms with Crippen LogP contribution in [0.25, 0.3) is 0 Å². The van der Waals surface area contributed by atoms with Crippen LogP contribution in [0.5, 0.6) is 0 Å². The maximum absolute atomic E-state index is 13.2. The number of hydrogen-bond donors (Lipinski definition) is 6. The van der Waals surface area contributed by atoms with Crippen LogP contribution in [-0.4, -0.2) is 110 Å². The second-order valence-electron chi connectivity index (χ2n) is 10.9. The average Bonchev–Trinajstić information content (AvgIpc) is 3.36. The number of hydrogen-bond acceptors (Lipinski definition) is 10. The molecule has 0 spiro atoms. The topological polar surface area (TPSA) is 228 Å². The Hall–Kier alpha value is -4.38. The number of urea groups is 1. The molecule has 1 aromatic rings. The molecule has 0 unspecified atom stereocenters. The van der Waals surface area contributed by atoms with Crippen LogP contribution in [0, 0.1) is 5.92 Å². The third-order valence-corrected chi connectivity index (χ3v) is 6.85. The van der Waals surface area contributed by atoms with Crippen molar-refractivity contribution in [2.75, 3.05) is 58.0 Å². The molecule has 1 aromatic carbocycles. The lowest BCUT2D eigenvalue weighted by molar-refractivity contribution is -0.137. The van der Waals surface area contributed by atoms with Crippen molar-refractivity contribution in [1.29, 1.82) is 0 Å². The van der Waals surface area contributed by atoms with E-state index >= 15 is 0 Å². The van der Waals surface area contributed by atoms with Gasteiger partial charge in [0.2, 0.25) is 17.7 Å². The number of nitrogens with two attached hydrogens (primary N) is 1. The summed E-state index contributed by atoms with van der Waals surface area (Å²) in [6.45, 7) is 5.10. The van der Waals surface area contributed by atoms with Crippen molar-refractivity contribution in [2.24, 2.45) is 11.7 Å². The summed E-state index contributed by atoms with van der Waals surface area (Å²) in [5, 5.41) is 19.8. The number of nitrogens with zero attached hydrogens (tertiary/aromatic N) is 1. The molecule has 260 valence electrons. The number of nitrogens with one attached hydrogen (secondary N) is 4. The SMILES string of the molecule is CC(C)[C@H](NC(=O)CCOCCOCCOCCN1C(=O)C=CC1=O)C(=O)N[C@@H](CCCNC(N)=O)C(=O)Nc1ccc(CO)cc1. The van der Waals surface area contributed by atoms with Crippen LogP contribution in [0.4, 0.5) is 10.5 Å². The van der Waals surface area contributed by atoms with Gasteiger partial charge in [-0.15, -0.1) is 0 Å². The summed E-state index contributed by atoms with van der Waals surface area (Å²) in [7, 11) is 0. The average molecular weight is 663 g/mol. The van der Waals surface area contributed by atoms with Crippen LogP contribution in [0.1, 0.15) is 38.7 Å². The Morgan fingerprint density at radius 3 is 2.02 bits per heavy atom. The monoisotopic (exact) mass is 662 g/mol. The highest BCUT2D eigenvalue weighted by Gasteiger charge is 2.29. The van der Waals surface area contributed by atoms with E-state index in [4.69, 9.17) is 19.9 Å². The Kier molecular flexibility index (Phi) is 17.7. The van der Waals surface area contributed by atoms with Gasteiger partial charge < -0.3 is 46.3 Å². The van der Waals surface area contributed by atoms with Crippen LogP contribution < -0.4 is 27.0 Å². The number of ether oxygens (including phenoxy) is 3. The van der Waals surface area contributed by atoms with E-state index in [2.05, 4.69) is 21.3 Å². The summed E-state index contributed by atoms with van der Waals surface area (Å²) in [6, 6.07) is 3.96. The van der Waals surface area contributed by atoms with Gasteiger partial charge in [0.25, 0.3) is 11.8 Å². The molecule has 0 bridgehead atoms. The van der Waals surface area contributed by atoms with Gasteiger partial charge in [-0.2, -0.15) is 0 Å². The molecule has 1 heterocycles. The number of rotatable bonds is 23. The highest BCUT2D eigenvalue weighted by molar-refractivity contribution is 6.12. The number of aliphatic hydroxyl groups is 1. The molecule has 7 amide bonds. The van der Waals surface area contributed by atoms with E-state index in [9.17, 15) is 33.9 Å². The summed E-state index contributed by atoms with van der Waals surface area (Å²) in [4.78, 5) is 74.0. The van der Waals surface area contributed by atoms with Crippen molar-refractivity contribution in [2.45, 2.75) is 51.8 Å². The Labute approximate surface area is 273 Å². The predicted molar refractivity (Wildman–Crippen MR) is 169 cm³/mol. The van der Waals surface area contributed by atoms with Crippen LogP contribution in [0.3, 0.4) is 0 Å². The van der Waals surface area contributed by atoms with Gasteiger partial charge in [0, 0.05) is 30.8 Å². The minimum Gasteiger partial charge on any atom is -0.392 e. The summed E-state index contributed by atoms with van der Waals surface area (Å²) >= 11 is 0. The molecular weight excluding hydrogens is 616 g/mol. The molecule has 0 fully saturated rings. The quantitative estimate of drug-likeness (QED) is 0.0654. The molecule has 1 aliphatic rings.